The first-order valence-electron chi connectivity index (χ1n) is 3.71. The Labute approximate surface area is 63.1 Å². The highest BCUT2D eigenvalue weighted by atomic mass is 16.1. The first kappa shape index (κ1) is 9.41. The Balaban J connectivity index is 3.81. The standard InChI is InChI=1S/C9H16O/c1-7(2)5-6-8(3)9(4)10/h6-7H,5H2,1-4H3/b8-6+. The number of allylic oxidation sites excluding steroid dienone is 2. The lowest BCUT2D eigenvalue weighted by atomic mass is 10.1. The first-order chi connectivity index (χ1) is 4.54. The molecule has 1 nitrogen and oxygen atoms in total. The molecule has 0 atom stereocenters. The molecule has 0 N–H and O–H groups in total. The molecule has 0 saturated heterocycles. The van der Waals surface area contributed by atoms with Gasteiger partial charge in [-0.3, -0.25) is 4.79 Å². The summed E-state index contributed by atoms with van der Waals surface area (Å²) in [6, 6.07) is 0. The molecule has 58 valence electrons. The normalized spacial score (nSPS) is 12.3. The number of rotatable bonds is 3. The van der Waals surface area contributed by atoms with Crippen molar-refractivity contribution in [3.05, 3.63) is 11.6 Å². The van der Waals surface area contributed by atoms with Crippen molar-refractivity contribution in [3.8, 4) is 0 Å². The van der Waals surface area contributed by atoms with Crippen LogP contribution in [0.3, 0.4) is 0 Å². The third kappa shape index (κ3) is 4.30. The minimum atomic E-state index is 0.181. The number of Topliss-reactive ketones (excluding diaryl/α,β-unsaturated/α-hetero) is 1. The molecule has 0 aromatic heterocycles. The van der Waals surface area contributed by atoms with Gasteiger partial charge < -0.3 is 0 Å². The smallest absolute Gasteiger partial charge is 0.155 e. The molecule has 0 heterocycles. The van der Waals surface area contributed by atoms with Gasteiger partial charge in [-0.1, -0.05) is 19.9 Å². The van der Waals surface area contributed by atoms with E-state index < -0.39 is 0 Å². The first-order valence-corrected chi connectivity index (χ1v) is 3.71. The van der Waals surface area contributed by atoms with Gasteiger partial charge in [0.2, 0.25) is 0 Å². The number of hydrogen-bond donors (Lipinski definition) is 0. The molecule has 0 aromatic carbocycles. The summed E-state index contributed by atoms with van der Waals surface area (Å²) < 4.78 is 0. The van der Waals surface area contributed by atoms with Crippen LogP contribution in [0.1, 0.15) is 34.1 Å². The van der Waals surface area contributed by atoms with Gasteiger partial charge in [0, 0.05) is 0 Å². The Morgan fingerprint density at radius 2 is 1.90 bits per heavy atom. The van der Waals surface area contributed by atoms with E-state index >= 15 is 0 Å². The van der Waals surface area contributed by atoms with Gasteiger partial charge in [-0.05, 0) is 31.8 Å². The fourth-order valence-corrected chi connectivity index (χ4v) is 0.556. The SMILES string of the molecule is CC(=O)/C(C)=C/CC(C)C. The highest BCUT2D eigenvalue weighted by molar-refractivity contribution is 5.92. The second-order valence-electron chi connectivity index (χ2n) is 3.07. The molecule has 0 aliphatic carbocycles. The van der Waals surface area contributed by atoms with Gasteiger partial charge in [-0.15, -0.1) is 0 Å². The lowest BCUT2D eigenvalue weighted by Gasteiger charge is -1.98. The van der Waals surface area contributed by atoms with Gasteiger partial charge in [0.15, 0.2) is 5.78 Å². The molecule has 10 heavy (non-hydrogen) atoms. The minimum absolute atomic E-state index is 0.181. The van der Waals surface area contributed by atoms with Gasteiger partial charge >= 0.3 is 0 Å². The second-order valence-corrected chi connectivity index (χ2v) is 3.07. The van der Waals surface area contributed by atoms with Gasteiger partial charge in [0.25, 0.3) is 0 Å². The zero-order valence-corrected chi connectivity index (χ0v) is 7.27. The molecule has 0 spiro atoms. The Morgan fingerprint density at radius 3 is 2.20 bits per heavy atom. The van der Waals surface area contributed by atoms with Crippen LogP contribution < -0.4 is 0 Å². The maximum Gasteiger partial charge on any atom is 0.155 e. The van der Waals surface area contributed by atoms with Crippen molar-refractivity contribution >= 4 is 5.78 Å². The number of carbonyl (C=O) groups excluding carboxylic acids is 1. The maximum atomic E-state index is 10.7. The molecule has 0 bridgehead atoms. The van der Waals surface area contributed by atoms with Crippen LogP contribution in [0.2, 0.25) is 0 Å². The van der Waals surface area contributed by atoms with Crippen LogP contribution in [0.5, 0.6) is 0 Å². The third-order valence-corrected chi connectivity index (χ3v) is 1.45. The predicted octanol–water partition coefficient (Wildman–Crippen LogP) is 2.57. The van der Waals surface area contributed by atoms with Gasteiger partial charge in [-0.25, -0.2) is 0 Å². The number of carbonyl (C=O) groups is 1. The quantitative estimate of drug-likeness (QED) is 0.551. The lowest BCUT2D eigenvalue weighted by Crippen LogP contribution is -1.92. The summed E-state index contributed by atoms with van der Waals surface area (Å²) >= 11 is 0. The van der Waals surface area contributed by atoms with Crippen LogP contribution in [-0.4, -0.2) is 5.78 Å². The van der Waals surface area contributed by atoms with E-state index in [1.54, 1.807) is 6.92 Å². The van der Waals surface area contributed by atoms with Crippen LogP contribution >= 0.6 is 0 Å². The number of hydrogen-bond acceptors (Lipinski definition) is 1. The van der Waals surface area contributed by atoms with E-state index in [4.69, 9.17) is 0 Å². The summed E-state index contributed by atoms with van der Waals surface area (Å²) in [5.41, 5.74) is 0.883. The largest absolute Gasteiger partial charge is 0.295 e. The van der Waals surface area contributed by atoms with Crippen LogP contribution in [0.25, 0.3) is 0 Å². The van der Waals surface area contributed by atoms with Crippen LogP contribution in [-0.2, 0) is 4.79 Å². The van der Waals surface area contributed by atoms with Crippen molar-refractivity contribution in [2.24, 2.45) is 5.92 Å². The molecule has 0 aromatic rings. The summed E-state index contributed by atoms with van der Waals surface area (Å²) in [5, 5.41) is 0. The van der Waals surface area contributed by atoms with E-state index in [9.17, 15) is 4.79 Å². The summed E-state index contributed by atoms with van der Waals surface area (Å²) in [6.45, 7) is 7.75. The molecule has 0 unspecified atom stereocenters. The third-order valence-electron chi connectivity index (χ3n) is 1.45. The van der Waals surface area contributed by atoms with Crippen molar-refractivity contribution in [3.63, 3.8) is 0 Å². The molecule has 0 radical (unpaired) electrons. The zero-order valence-electron chi connectivity index (χ0n) is 7.27. The molecule has 0 rings (SSSR count). The molecule has 0 aliphatic heterocycles. The highest BCUT2D eigenvalue weighted by Gasteiger charge is 1.95. The number of ketones is 1. The second kappa shape index (κ2) is 4.26. The Morgan fingerprint density at radius 1 is 1.40 bits per heavy atom. The lowest BCUT2D eigenvalue weighted by molar-refractivity contribution is -0.113. The minimum Gasteiger partial charge on any atom is -0.295 e. The summed E-state index contributed by atoms with van der Waals surface area (Å²) in [5.74, 6) is 0.829. The Hall–Kier alpha value is -0.590. The molecule has 1 heteroatoms. The van der Waals surface area contributed by atoms with E-state index in [0.29, 0.717) is 5.92 Å². The van der Waals surface area contributed by atoms with Crippen molar-refractivity contribution in [1.29, 1.82) is 0 Å². The maximum absolute atomic E-state index is 10.7. The molecular formula is C9H16O. The fourth-order valence-electron chi connectivity index (χ4n) is 0.556. The fraction of sp³-hybridized carbons (Fsp3) is 0.667. The highest BCUT2D eigenvalue weighted by Crippen LogP contribution is 2.04. The van der Waals surface area contributed by atoms with E-state index in [-0.39, 0.29) is 5.78 Å². The summed E-state index contributed by atoms with van der Waals surface area (Å²) in [7, 11) is 0. The van der Waals surface area contributed by atoms with E-state index in [2.05, 4.69) is 13.8 Å². The van der Waals surface area contributed by atoms with Crippen molar-refractivity contribution in [1.82, 2.24) is 0 Å². The predicted molar refractivity (Wildman–Crippen MR) is 43.9 cm³/mol. The van der Waals surface area contributed by atoms with Crippen LogP contribution in [0, 0.1) is 5.92 Å². The zero-order chi connectivity index (χ0) is 8.15. The van der Waals surface area contributed by atoms with E-state index in [1.165, 1.54) is 0 Å². The monoisotopic (exact) mass is 140 g/mol. The molecular weight excluding hydrogens is 124 g/mol. The van der Waals surface area contributed by atoms with Crippen LogP contribution in [0.4, 0.5) is 0 Å². The van der Waals surface area contributed by atoms with Crippen LogP contribution in [0.15, 0.2) is 11.6 Å². The van der Waals surface area contributed by atoms with E-state index in [0.717, 1.165) is 12.0 Å². The Kier molecular flexibility index (Phi) is 4.01. The van der Waals surface area contributed by atoms with Crippen molar-refractivity contribution in [2.75, 3.05) is 0 Å². The van der Waals surface area contributed by atoms with Crippen molar-refractivity contribution in [2.45, 2.75) is 34.1 Å². The molecule has 0 amide bonds. The molecule has 0 aliphatic rings. The molecule has 0 saturated carbocycles. The Bertz CT molecular complexity index is 143. The van der Waals surface area contributed by atoms with Gasteiger partial charge in [0.1, 0.15) is 0 Å². The molecule has 0 fully saturated rings. The average Bonchev–Trinajstić information content (AvgIpc) is 1.82. The average molecular weight is 140 g/mol. The van der Waals surface area contributed by atoms with Gasteiger partial charge in [0.05, 0.1) is 0 Å². The summed E-state index contributed by atoms with van der Waals surface area (Å²) in [4.78, 5) is 10.7. The topological polar surface area (TPSA) is 17.1 Å². The van der Waals surface area contributed by atoms with Gasteiger partial charge in [-0.2, -0.15) is 0 Å². The van der Waals surface area contributed by atoms with E-state index in [1.807, 2.05) is 13.0 Å². The van der Waals surface area contributed by atoms with Crippen molar-refractivity contribution < 1.29 is 4.79 Å². The summed E-state index contributed by atoms with van der Waals surface area (Å²) in [6.07, 6.45) is 3.01.